The first kappa shape index (κ1) is 12.2. The zero-order valence-electron chi connectivity index (χ0n) is 4.66. The summed E-state index contributed by atoms with van der Waals surface area (Å²) in [4.78, 5) is 0. The van der Waals surface area contributed by atoms with Gasteiger partial charge < -0.3 is 10.2 Å². The Labute approximate surface area is 80.1 Å². The molecule has 1 heterocycles. The average Bonchev–Trinajstić information content (AvgIpc) is 1.73. The molecule has 2 nitrogen and oxygen atoms in total. The second-order valence-electron chi connectivity index (χ2n) is 1.18. The molecule has 0 saturated carbocycles. The van der Waals surface area contributed by atoms with E-state index in [1.807, 2.05) is 0 Å². The molecule has 0 atom stereocenters. The number of alkyl halides is 2. The van der Waals surface area contributed by atoms with E-state index in [1.165, 1.54) is 0 Å². The van der Waals surface area contributed by atoms with Crippen LogP contribution in [0.1, 0.15) is 6.92 Å². The molecule has 0 amide bonds. The quantitative estimate of drug-likeness (QED) is 0.176. The van der Waals surface area contributed by atoms with Crippen molar-refractivity contribution in [2.24, 2.45) is 0 Å². The monoisotopic (exact) mass is 166 g/mol. The van der Waals surface area contributed by atoms with Gasteiger partial charge >= 0.3 is 29.6 Å². The van der Waals surface area contributed by atoms with Gasteiger partial charge in [-0.05, 0) is 0 Å². The average molecular weight is 167 g/mol. The molecule has 8 heavy (non-hydrogen) atoms. The number of epoxide rings is 1. The van der Waals surface area contributed by atoms with Crippen LogP contribution in [0.15, 0.2) is 0 Å². The zero-order chi connectivity index (χ0) is 4.78. The van der Waals surface area contributed by atoms with Crippen LogP contribution in [0.3, 0.4) is 0 Å². The molecule has 1 saturated heterocycles. The Morgan fingerprint density at radius 1 is 1.50 bits per heavy atom. The molecular weight excluding hydrogens is 162 g/mol. The summed E-state index contributed by atoms with van der Waals surface area (Å²) in [5, 5.41) is 0. The third-order valence-electron chi connectivity index (χ3n) is 0.649. The molecule has 0 bridgehead atoms. The van der Waals surface area contributed by atoms with Gasteiger partial charge in [-0.25, -0.2) is 0 Å². The fourth-order valence-corrected chi connectivity index (χ4v) is 0.398. The van der Waals surface area contributed by atoms with E-state index < -0.39 is 4.52 Å². The molecular formula is C3H5Cl2NaO2. The van der Waals surface area contributed by atoms with Crippen LogP contribution < -0.4 is 29.6 Å². The Kier molecular flexibility index (Phi) is 5.51. The minimum atomic E-state index is -0.931. The van der Waals surface area contributed by atoms with Crippen molar-refractivity contribution in [2.75, 3.05) is 0 Å². The Hall–Kier alpha value is 1.50. The maximum Gasteiger partial charge on any atom is 1.00 e. The molecule has 0 aromatic carbocycles. The molecule has 1 aliphatic rings. The van der Waals surface area contributed by atoms with Gasteiger partial charge in [-0.3, -0.25) is 0 Å². The summed E-state index contributed by atoms with van der Waals surface area (Å²) in [6.07, 6.45) is 0.686. The van der Waals surface area contributed by atoms with Gasteiger partial charge in [-0.2, -0.15) is 6.92 Å². The Morgan fingerprint density at radius 3 is 1.62 bits per heavy atom. The summed E-state index contributed by atoms with van der Waals surface area (Å²) < 4.78 is 3.62. The van der Waals surface area contributed by atoms with Crippen molar-refractivity contribution >= 4 is 23.2 Å². The van der Waals surface area contributed by atoms with E-state index >= 15 is 0 Å². The minimum absolute atomic E-state index is 0. The largest absolute Gasteiger partial charge is 1.00 e. The molecule has 0 radical (unpaired) electrons. The van der Waals surface area contributed by atoms with Crippen LogP contribution in [-0.2, 0) is 4.74 Å². The van der Waals surface area contributed by atoms with Gasteiger partial charge in [0, 0.05) is 0 Å². The Balaban J connectivity index is 0. The van der Waals surface area contributed by atoms with Crippen molar-refractivity contribution in [3.05, 3.63) is 6.10 Å². The van der Waals surface area contributed by atoms with Crippen LogP contribution >= 0.6 is 23.2 Å². The predicted octanol–water partition coefficient (Wildman–Crippen LogP) is -2.12. The summed E-state index contributed by atoms with van der Waals surface area (Å²) in [6, 6.07) is 0. The first-order valence-electron chi connectivity index (χ1n) is 1.54. The van der Waals surface area contributed by atoms with Crippen LogP contribution in [0.2, 0.25) is 0 Å². The third-order valence-corrected chi connectivity index (χ3v) is 1.34. The fourth-order valence-electron chi connectivity index (χ4n) is 0.167. The number of hydrogen-bond acceptors (Lipinski definition) is 1. The van der Waals surface area contributed by atoms with E-state index in [9.17, 15) is 0 Å². The number of ether oxygens (including phenoxy) is 1. The van der Waals surface area contributed by atoms with Gasteiger partial charge in [0.1, 0.15) is 0 Å². The van der Waals surface area contributed by atoms with Crippen molar-refractivity contribution in [2.45, 2.75) is 11.4 Å². The molecule has 44 valence electrons. The summed E-state index contributed by atoms with van der Waals surface area (Å²) in [6.45, 7) is 1.74. The fraction of sp³-hybridized carbons (Fsp3) is 0.667. The number of hydrogen-bond donors (Lipinski definition) is 0. The van der Waals surface area contributed by atoms with Crippen LogP contribution in [0.4, 0.5) is 0 Å². The summed E-state index contributed by atoms with van der Waals surface area (Å²) in [5.74, 6) is 0. The van der Waals surface area contributed by atoms with Gasteiger partial charge in [0.25, 0.3) is 0 Å². The molecule has 0 aliphatic carbocycles. The molecule has 0 unspecified atom stereocenters. The van der Waals surface area contributed by atoms with Gasteiger partial charge in [-0.1, -0.05) is 0 Å². The third kappa shape index (κ3) is 2.87. The molecule has 2 N–H and O–H groups in total. The molecule has 1 aliphatic heterocycles. The van der Waals surface area contributed by atoms with E-state index in [4.69, 9.17) is 23.2 Å². The normalized spacial score (nSPS) is 22.9. The summed E-state index contributed by atoms with van der Waals surface area (Å²) in [5.41, 5.74) is 0. The predicted molar refractivity (Wildman–Crippen MR) is 28.1 cm³/mol. The van der Waals surface area contributed by atoms with Crippen molar-refractivity contribution in [3.8, 4) is 0 Å². The smallest absolute Gasteiger partial charge is 0.539 e. The molecule has 0 spiro atoms. The van der Waals surface area contributed by atoms with Crippen molar-refractivity contribution < 1.29 is 39.8 Å². The van der Waals surface area contributed by atoms with E-state index in [-0.39, 0.29) is 35.0 Å². The first-order valence-corrected chi connectivity index (χ1v) is 2.29. The molecule has 5 heteroatoms. The van der Waals surface area contributed by atoms with Crippen LogP contribution in [0, 0.1) is 6.10 Å². The molecule has 1 rings (SSSR count). The second-order valence-corrected chi connectivity index (χ2v) is 2.43. The van der Waals surface area contributed by atoms with Crippen LogP contribution in [0.25, 0.3) is 0 Å². The SMILES string of the molecule is C[C-]1OC1(Cl)Cl.O.[Na+]. The number of rotatable bonds is 0. The van der Waals surface area contributed by atoms with Crippen LogP contribution in [-0.4, -0.2) is 10.00 Å². The van der Waals surface area contributed by atoms with E-state index in [1.54, 1.807) is 6.92 Å². The first-order chi connectivity index (χ1) is 2.63. The number of halogens is 2. The zero-order valence-corrected chi connectivity index (χ0v) is 8.18. The molecule has 1 fully saturated rings. The summed E-state index contributed by atoms with van der Waals surface area (Å²) in [7, 11) is 0. The van der Waals surface area contributed by atoms with Crippen molar-refractivity contribution in [1.82, 2.24) is 0 Å². The Bertz CT molecular complexity index is 77.7. The van der Waals surface area contributed by atoms with Gasteiger partial charge in [0.2, 0.25) is 0 Å². The molecule has 0 aromatic heterocycles. The van der Waals surface area contributed by atoms with E-state index in [0.29, 0.717) is 6.10 Å². The van der Waals surface area contributed by atoms with Gasteiger partial charge in [0.05, 0.1) is 4.52 Å². The maximum atomic E-state index is 5.30. The Morgan fingerprint density at radius 2 is 1.62 bits per heavy atom. The van der Waals surface area contributed by atoms with Crippen molar-refractivity contribution in [3.63, 3.8) is 0 Å². The topological polar surface area (TPSA) is 44.0 Å². The molecule has 0 aromatic rings. The van der Waals surface area contributed by atoms with Gasteiger partial charge in [-0.15, -0.1) is 29.3 Å². The van der Waals surface area contributed by atoms with E-state index in [2.05, 4.69) is 4.74 Å². The van der Waals surface area contributed by atoms with E-state index in [0.717, 1.165) is 0 Å². The van der Waals surface area contributed by atoms with Crippen LogP contribution in [0.5, 0.6) is 0 Å². The maximum absolute atomic E-state index is 5.30. The van der Waals surface area contributed by atoms with Crippen molar-refractivity contribution in [1.29, 1.82) is 0 Å². The van der Waals surface area contributed by atoms with Gasteiger partial charge in [0.15, 0.2) is 0 Å². The second kappa shape index (κ2) is 3.62. The minimum Gasteiger partial charge on any atom is -0.539 e. The summed E-state index contributed by atoms with van der Waals surface area (Å²) >= 11 is 10.6. The standard InChI is InChI=1S/C3H3Cl2O.Na.H2O/c1-2-3(4,5)6-2;;/h1H3;;1H2/q-1;+1;.